The normalized spacial score (nSPS) is 37.9. The number of rotatable bonds is 21. The van der Waals surface area contributed by atoms with Gasteiger partial charge in [0.05, 0.1) is 6.10 Å². The van der Waals surface area contributed by atoms with E-state index in [1.54, 1.807) is 0 Å². The molecule has 0 amide bonds. The zero-order valence-corrected chi connectivity index (χ0v) is 35.7. The largest absolute Gasteiger partial charge is 0.463 e. The Morgan fingerprint density at radius 2 is 1.49 bits per heavy atom. The van der Waals surface area contributed by atoms with Crippen molar-refractivity contribution in [3.05, 3.63) is 11.6 Å². The van der Waals surface area contributed by atoms with E-state index in [9.17, 15) is 24.9 Å². The molecule has 1 heterocycles. The molecule has 3 N–H and O–H groups in total. The predicted octanol–water partition coefficient (Wildman–Crippen LogP) is 9.64. The highest BCUT2D eigenvalue weighted by atomic mass is 16.7. The van der Waals surface area contributed by atoms with Gasteiger partial charge in [0.1, 0.15) is 31.0 Å². The number of hydrogen-bond donors (Lipinski definition) is 3. The SMILES string of the molecule is CCCCCCCCCCCCCC(=O)OC[C@H]1O[C@H](O[C@H]2CC[C@@]3(C)C(=CC(=O)[C@H]4[C@@H]5CC[C@H]([C@H](C)CCCC(C)C)[C@@]5(C)CC[C@@H]43)C2)[C@@H](O)[C@H](O)[C@H]1O. The van der Waals surface area contributed by atoms with Crippen LogP contribution in [-0.2, 0) is 23.8 Å². The van der Waals surface area contributed by atoms with Crippen molar-refractivity contribution in [1.82, 2.24) is 0 Å². The van der Waals surface area contributed by atoms with Crippen molar-refractivity contribution < 1.29 is 39.1 Å². The van der Waals surface area contributed by atoms with E-state index >= 15 is 0 Å². The topological polar surface area (TPSA) is 123 Å². The fraction of sp³-hybridized carbons (Fsp3) is 0.915. The van der Waals surface area contributed by atoms with E-state index in [0.717, 1.165) is 56.4 Å². The van der Waals surface area contributed by atoms with Crippen LogP contribution in [0.15, 0.2) is 11.6 Å². The number of esters is 1. The Balaban J connectivity index is 1.09. The molecule has 4 fully saturated rings. The van der Waals surface area contributed by atoms with Gasteiger partial charge in [0.2, 0.25) is 0 Å². The van der Waals surface area contributed by atoms with E-state index in [1.807, 2.05) is 6.08 Å². The van der Waals surface area contributed by atoms with Gasteiger partial charge in [-0.2, -0.15) is 0 Å². The molecule has 316 valence electrons. The quantitative estimate of drug-likeness (QED) is 0.0779. The van der Waals surface area contributed by atoms with Gasteiger partial charge >= 0.3 is 5.97 Å². The molecule has 3 saturated carbocycles. The minimum absolute atomic E-state index is 0.0624. The van der Waals surface area contributed by atoms with E-state index in [2.05, 4.69) is 41.5 Å². The number of allylic oxidation sites excluding steroid dienone is 1. The third-order valence-corrected chi connectivity index (χ3v) is 15.5. The molecule has 4 aliphatic carbocycles. The van der Waals surface area contributed by atoms with Gasteiger partial charge in [-0.15, -0.1) is 0 Å². The molecule has 1 aliphatic heterocycles. The molecule has 55 heavy (non-hydrogen) atoms. The molecule has 0 radical (unpaired) electrons. The lowest BCUT2D eigenvalue weighted by Gasteiger charge is -2.58. The van der Waals surface area contributed by atoms with Crippen molar-refractivity contribution in [1.29, 1.82) is 0 Å². The minimum Gasteiger partial charge on any atom is -0.463 e. The lowest BCUT2D eigenvalue weighted by atomic mass is 9.46. The third-order valence-electron chi connectivity index (χ3n) is 15.5. The first-order valence-electron chi connectivity index (χ1n) is 23.1. The molecule has 0 bridgehead atoms. The van der Waals surface area contributed by atoms with Crippen LogP contribution in [0.1, 0.15) is 183 Å². The van der Waals surface area contributed by atoms with Crippen molar-refractivity contribution >= 4 is 11.8 Å². The van der Waals surface area contributed by atoms with E-state index < -0.39 is 30.7 Å². The predicted molar refractivity (Wildman–Crippen MR) is 217 cm³/mol. The van der Waals surface area contributed by atoms with Gasteiger partial charge in [-0.1, -0.05) is 131 Å². The molecule has 0 spiro atoms. The molecule has 8 nitrogen and oxygen atoms in total. The second-order valence-corrected chi connectivity index (χ2v) is 19.7. The number of hydrogen-bond acceptors (Lipinski definition) is 8. The van der Waals surface area contributed by atoms with Gasteiger partial charge in [0.25, 0.3) is 0 Å². The average Bonchev–Trinajstić information content (AvgIpc) is 3.51. The first-order chi connectivity index (χ1) is 26.3. The van der Waals surface area contributed by atoms with Crippen LogP contribution in [0.5, 0.6) is 0 Å². The van der Waals surface area contributed by atoms with Crippen LogP contribution in [0.3, 0.4) is 0 Å². The Kier molecular flexibility index (Phi) is 16.8. The second-order valence-electron chi connectivity index (χ2n) is 19.7. The summed E-state index contributed by atoms with van der Waals surface area (Å²) in [5, 5.41) is 32.3. The van der Waals surface area contributed by atoms with Crippen molar-refractivity contribution in [2.45, 2.75) is 220 Å². The Labute approximate surface area is 334 Å². The maximum absolute atomic E-state index is 14.1. The fourth-order valence-corrected chi connectivity index (χ4v) is 12.0. The summed E-state index contributed by atoms with van der Waals surface area (Å²) in [4.78, 5) is 26.7. The van der Waals surface area contributed by atoms with Gasteiger partial charge < -0.3 is 29.5 Å². The number of aliphatic hydroxyl groups is 3. The van der Waals surface area contributed by atoms with Crippen molar-refractivity contribution in [3.8, 4) is 0 Å². The molecule has 5 aliphatic rings. The highest BCUT2D eigenvalue weighted by Crippen LogP contribution is 2.67. The highest BCUT2D eigenvalue weighted by molar-refractivity contribution is 5.94. The number of ketones is 1. The molecule has 0 aromatic rings. The summed E-state index contributed by atoms with van der Waals surface area (Å²) in [7, 11) is 0. The van der Waals surface area contributed by atoms with Crippen LogP contribution < -0.4 is 0 Å². The molecule has 0 unspecified atom stereocenters. The zero-order chi connectivity index (χ0) is 39.8. The first kappa shape index (κ1) is 44.8. The van der Waals surface area contributed by atoms with Crippen LogP contribution in [0.2, 0.25) is 0 Å². The van der Waals surface area contributed by atoms with Gasteiger partial charge in [0.15, 0.2) is 12.1 Å². The summed E-state index contributed by atoms with van der Waals surface area (Å²) >= 11 is 0. The van der Waals surface area contributed by atoms with E-state index in [0.29, 0.717) is 42.3 Å². The van der Waals surface area contributed by atoms with E-state index in [4.69, 9.17) is 14.2 Å². The Hall–Kier alpha value is -1.32. The van der Waals surface area contributed by atoms with Crippen molar-refractivity contribution in [2.24, 2.45) is 46.3 Å². The van der Waals surface area contributed by atoms with Crippen molar-refractivity contribution in [3.63, 3.8) is 0 Å². The molecule has 0 aromatic carbocycles. The lowest BCUT2D eigenvalue weighted by molar-refractivity contribution is -0.313. The first-order valence-corrected chi connectivity index (χ1v) is 23.1. The van der Waals surface area contributed by atoms with Crippen LogP contribution in [0.25, 0.3) is 0 Å². The Bertz CT molecular complexity index is 1250. The van der Waals surface area contributed by atoms with E-state index in [1.165, 1.54) is 83.5 Å². The van der Waals surface area contributed by atoms with Gasteiger partial charge in [-0.3, -0.25) is 9.59 Å². The van der Waals surface area contributed by atoms with Crippen LogP contribution >= 0.6 is 0 Å². The summed E-state index contributed by atoms with van der Waals surface area (Å²) < 4.78 is 17.8. The molecular formula is C47H80O8. The molecule has 0 aromatic heterocycles. The number of fused-ring (bicyclic) bond motifs is 5. The number of ether oxygens (including phenoxy) is 3. The molecule has 5 rings (SSSR count). The lowest BCUT2D eigenvalue weighted by Crippen LogP contribution is -2.60. The van der Waals surface area contributed by atoms with Crippen LogP contribution in [0.4, 0.5) is 0 Å². The fourth-order valence-electron chi connectivity index (χ4n) is 12.0. The number of carbonyl (C=O) groups excluding carboxylic acids is 2. The number of carbonyl (C=O) groups is 2. The number of aliphatic hydroxyl groups excluding tert-OH is 3. The van der Waals surface area contributed by atoms with Gasteiger partial charge in [-0.25, -0.2) is 0 Å². The Morgan fingerprint density at radius 3 is 2.16 bits per heavy atom. The highest BCUT2D eigenvalue weighted by Gasteiger charge is 2.61. The number of unbranched alkanes of at least 4 members (excludes halogenated alkanes) is 10. The third kappa shape index (κ3) is 10.8. The zero-order valence-electron chi connectivity index (χ0n) is 35.7. The van der Waals surface area contributed by atoms with Gasteiger partial charge in [-0.05, 0) is 97.9 Å². The standard InChI is InChI=1S/C47H80O8/c1-7-8-9-10-11-12-13-14-15-16-17-21-40(49)53-30-39-42(50)43(51)44(52)45(55-39)54-34-24-26-46(5)33(28-34)29-38(48)41-36-23-22-35(32(4)20-18-19-31(2)3)47(36,6)27-25-37(41)46/h29,31-32,34-37,39,41-45,50-52H,7-28,30H2,1-6H3/t32-,34+,35-,36+,37+,39-,41+,42+,43-,44+,45+,46+,47-/m1/s1. The van der Waals surface area contributed by atoms with Crippen LogP contribution in [-0.4, -0.2) is 70.5 Å². The summed E-state index contributed by atoms with van der Waals surface area (Å²) in [6, 6.07) is 0. The summed E-state index contributed by atoms with van der Waals surface area (Å²) in [5.41, 5.74) is 1.31. The Morgan fingerprint density at radius 1 is 0.818 bits per heavy atom. The molecule has 8 heteroatoms. The summed E-state index contributed by atoms with van der Waals surface area (Å²) in [6.07, 6.45) is 19.4. The van der Waals surface area contributed by atoms with Crippen molar-refractivity contribution in [2.75, 3.05) is 6.61 Å². The van der Waals surface area contributed by atoms with Crippen LogP contribution in [0, 0.1) is 46.3 Å². The smallest absolute Gasteiger partial charge is 0.305 e. The average molecular weight is 773 g/mol. The molecular weight excluding hydrogens is 693 g/mol. The van der Waals surface area contributed by atoms with Gasteiger partial charge in [0, 0.05) is 12.3 Å². The second kappa shape index (κ2) is 20.6. The summed E-state index contributed by atoms with van der Waals surface area (Å²) in [5.74, 6) is 2.96. The minimum atomic E-state index is -1.50. The maximum atomic E-state index is 14.1. The summed E-state index contributed by atoms with van der Waals surface area (Å²) in [6.45, 7) is 14.0. The van der Waals surface area contributed by atoms with E-state index in [-0.39, 0.29) is 35.4 Å². The molecule has 1 saturated heterocycles. The maximum Gasteiger partial charge on any atom is 0.305 e. The molecule has 13 atom stereocenters. The monoisotopic (exact) mass is 773 g/mol.